The maximum Gasteiger partial charge on any atom is 0.276 e. The molecule has 0 aliphatic heterocycles. The number of rotatable bonds is 5. The number of sulfonamides is 1. The number of amides is 1. The molecule has 1 aromatic heterocycles. The average molecular weight is 400 g/mol. The van der Waals surface area contributed by atoms with E-state index in [2.05, 4.69) is 12.3 Å². The molecule has 9 heteroatoms. The predicted octanol–water partition coefficient (Wildman–Crippen LogP) is 3.16. The molecule has 1 amide bonds. The number of thiophene rings is 1. The minimum atomic E-state index is -4.20. The fraction of sp³-hybridized carbons (Fsp3) is 0.353. The van der Waals surface area contributed by atoms with Crippen molar-refractivity contribution >= 4 is 27.3 Å². The van der Waals surface area contributed by atoms with Crippen LogP contribution in [0.4, 0.5) is 8.78 Å². The minimum absolute atomic E-state index is 0.416. The van der Waals surface area contributed by atoms with E-state index < -0.39 is 32.5 Å². The topological polar surface area (TPSA) is 75.3 Å². The van der Waals surface area contributed by atoms with E-state index in [0.717, 1.165) is 42.2 Å². The lowest BCUT2D eigenvalue weighted by Crippen LogP contribution is -2.41. The Balaban J connectivity index is 1.69. The number of carbonyl (C=O) groups is 1. The third-order valence-corrected chi connectivity index (χ3v) is 6.97. The van der Waals surface area contributed by atoms with Crippen LogP contribution in [0.2, 0.25) is 0 Å². The lowest BCUT2D eigenvalue weighted by Gasteiger charge is -2.19. The van der Waals surface area contributed by atoms with E-state index in [-0.39, 0.29) is 0 Å². The molecule has 5 nitrogen and oxygen atoms in total. The van der Waals surface area contributed by atoms with Crippen LogP contribution in [-0.2, 0) is 22.9 Å². The largest absolute Gasteiger partial charge is 0.276 e. The molecule has 2 N–H and O–H groups in total. The molecular weight excluding hydrogens is 382 g/mol. The van der Waals surface area contributed by atoms with Crippen LogP contribution >= 0.6 is 11.3 Å². The van der Waals surface area contributed by atoms with Gasteiger partial charge in [0.1, 0.15) is 0 Å². The second kappa shape index (κ2) is 7.42. The first-order chi connectivity index (χ1) is 12.3. The van der Waals surface area contributed by atoms with Crippen LogP contribution < -0.4 is 10.3 Å². The Morgan fingerprint density at radius 1 is 1.27 bits per heavy atom. The van der Waals surface area contributed by atoms with Gasteiger partial charge in [0, 0.05) is 4.88 Å². The molecule has 2 aromatic rings. The summed E-state index contributed by atoms with van der Waals surface area (Å²) in [5, 5.41) is 0. The SMILES string of the molecule is CC[C@H]1CCc2sc(C(=O)NNS(=O)(=O)c3ccc(F)c(F)c3)cc2C1. The van der Waals surface area contributed by atoms with Crippen LogP contribution in [0, 0.1) is 17.6 Å². The number of benzene rings is 1. The van der Waals surface area contributed by atoms with E-state index in [0.29, 0.717) is 22.9 Å². The Hall–Kier alpha value is -1.84. The molecule has 0 spiro atoms. The van der Waals surface area contributed by atoms with Crippen molar-refractivity contribution in [3.63, 3.8) is 0 Å². The van der Waals surface area contributed by atoms with Crippen LogP contribution in [-0.4, -0.2) is 14.3 Å². The van der Waals surface area contributed by atoms with E-state index in [1.165, 1.54) is 11.3 Å². The first-order valence-corrected chi connectivity index (χ1v) is 10.5. The van der Waals surface area contributed by atoms with Gasteiger partial charge < -0.3 is 0 Å². The van der Waals surface area contributed by atoms with Crippen LogP contribution in [0.15, 0.2) is 29.2 Å². The molecule has 0 saturated carbocycles. The Bertz CT molecular complexity index is 941. The number of hydrazine groups is 1. The summed E-state index contributed by atoms with van der Waals surface area (Å²) >= 11 is 1.35. The molecule has 26 heavy (non-hydrogen) atoms. The summed E-state index contributed by atoms with van der Waals surface area (Å²) in [5.41, 5.74) is 3.26. The zero-order chi connectivity index (χ0) is 18.9. The van der Waals surface area contributed by atoms with E-state index in [1.54, 1.807) is 6.07 Å². The fourth-order valence-electron chi connectivity index (χ4n) is 2.94. The van der Waals surface area contributed by atoms with Gasteiger partial charge in [-0.15, -0.1) is 16.2 Å². The molecule has 1 aromatic carbocycles. The predicted molar refractivity (Wildman–Crippen MR) is 94.3 cm³/mol. The van der Waals surface area contributed by atoms with E-state index in [4.69, 9.17) is 0 Å². The number of hydrogen-bond acceptors (Lipinski definition) is 4. The van der Waals surface area contributed by atoms with Crippen LogP contribution in [0.25, 0.3) is 0 Å². The van der Waals surface area contributed by atoms with Gasteiger partial charge in [-0.25, -0.2) is 17.2 Å². The highest BCUT2D eigenvalue weighted by molar-refractivity contribution is 7.89. The standard InChI is InChI=1S/C17H18F2N2O3S2/c1-2-10-3-6-15-11(7-10)8-16(25-15)17(22)20-21-26(23,24)12-4-5-13(18)14(19)9-12/h4-5,8-10,21H,2-3,6-7H2,1H3,(H,20,22)/t10-/m0/s1. The van der Waals surface area contributed by atoms with Crippen LogP contribution in [0.3, 0.4) is 0 Å². The Kier molecular flexibility index (Phi) is 5.40. The third-order valence-electron chi connectivity index (χ3n) is 4.49. The summed E-state index contributed by atoms with van der Waals surface area (Å²) in [6, 6.07) is 3.98. The van der Waals surface area contributed by atoms with Crippen molar-refractivity contribution in [2.24, 2.45) is 5.92 Å². The van der Waals surface area contributed by atoms with Crippen molar-refractivity contribution in [2.75, 3.05) is 0 Å². The van der Waals surface area contributed by atoms with Crippen LogP contribution in [0.1, 0.15) is 39.9 Å². The van der Waals surface area contributed by atoms with Crippen molar-refractivity contribution in [3.8, 4) is 0 Å². The highest BCUT2D eigenvalue weighted by atomic mass is 32.2. The molecule has 1 aliphatic rings. The molecule has 0 unspecified atom stereocenters. The summed E-state index contributed by atoms with van der Waals surface area (Å²) in [6.45, 7) is 2.14. The van der Waals surface area contributed by atoms with Crippen LogP contribution in [0.5, 0.6) is 0 Å². The van der Waals surface area contributed by atoms with Crippen molar-refractivity contribution in [1.82, 2.24) is 10.3 Å². The molecule has 140 valence electrons. The fourth-order valence-corrected chi connectivity index (χ4v) is 4.89. The highest BCUT2D eigenvalue weighted by Crippen LogP contribution is 2.33. The average Bonchev–Trinajstić information content (AvgIpc) is 3.05. The van der Waals surface area contributed by atoms with Gasteiger partial charge in [0.15, 0.2) is 11.6 Å². The number of carbonyl (C=O) groups excluding carboxylic acids is 1. The van der Waals surface area contributed by atoms with E-state index in [1.807, 2.05) is 4.83 Å². The first kappa shape index (κ1) is 18.9. The molecule has 0 bridgehead atoms. The second-order valence-electron chi connectivity index (χ2n) is 6.21. The highest BCUT2D eigenvalue weighted by Gasteiger charge is 2.23. The number of hydrogen-bond donors (Lipinski definition) is 2. The lowest BCUT2D eigenvalue weighted by molar-refractivity contribution is 0.0949. The maximum atomic E-state index is 13.2. The van der Waals surface area contributed by atoms with Crippen molar-refractivity contribution in [1.29, 1.82) is 0 Å². The molecule has 0 saturated heterocycles. The van der Waals surface area contributed by atoms with Gasteiger partial charge >= 0.3 is 0 Å². The van der Waals surface area contributed by atoms with Gasteiger partial charge in [-0.1, -0.05) is 13.3 Å². The number of halogens is 2. The van der Waals surface area contributed by atoms with Crippen molar-refractivity contribution < 1.29 is 22.0 Å². The van der Waals surface area contributed by atoms with E-state index in [9.17, 15) is 22.0 Å². The smallest absolute Gasteiger partial charge is 0.273 e. The molecule has 0 radical (unpaired) electrons. The summed E-state index contributed by atoms with van der Waals surface area (Å²) in [7, 11) is -4.20. The van der Waals surface area contributed by atoms with Gasteiger partial charge in [-0.2, -0.15) is 0 Å². The normalized spacial score (nSPS) is 17.0. The molecule has 1 heterocycles. The van der Waals surface area contributed by atoms with Crippen molar-refractivity contribution in [3.05, 3.63) is 51.2 Å². The zero-order valence-corrected chi connectivity index (χ0v) is 15.6. The number of nitrogens with one attached hydrogen (secondary N) is 2. The molecule has 3 rings (SSSR count). The summed E-state index contributed by atoms with van der Waals surface area (Å²) in [4.78, 5) is 15.3. The second-order valence-corrected chi connectivity index (χ2v) is 9.03. The van der Waals surface area contributed by atoms with Gasteiger partial charge in [-0.05, 0) is 55.0 Å². The zero-order valence-electron chi connectivity index (χ0n) is 14.0. The molecule has 0 fully saturated rings. The lowest BCUT2D eigenvalue weighted by atomic mass is 9.87. The summed E-state index contributed by atoms with van der Waals surface area (Å²) in [5.74, 6) is -2.40. The third kappa shape index (κ3) is 3.94. The Morgan fingerprint density at radius 2 is 2.04 bits per heavy atom. The minimum Gasteiger partial charge on any atom is -0.273 e. The monoisotopic (exact) mass is 400 g/mol. The van der Waals surface area contributed by atoms with Gasteiger partial charge in [0.05, 0.1) is 9.77 Å². The number of fused-ring (bicyclic) bond motifs is 1. The Morgan fingerprint density at radius 3 is 2.73 bits per heavy atom. The van der Waals surface area contributed by atoms with Gasteiger partial charge in [0.2, 0.25) is 0 Å². The molecular formula is C17H18F2N2O3S2. The number of aryl methyl sites for hydroxylation is 1. The van der Waals surface area contributed by atoms with Crippen molar-refractivity contribution in [2.45, 2.75) is 37.5 Å². The van der Waals surface area contributed by atoms with Gasteiger partial charge in [-0.3, -0.25) is 10.2 Å². The quantitative estimate of drug-likeness (QED) is 0.757. The summed E-state index contributed by atoms with van der Waals surface area (Å²) < 4.78 is 50.3. The van der Waals surface area contributed by atoms with E-state index >= 15 is 0 Å². The first-order valence-electron chi connectivity index (χ1n) is 8.19. The summed E-state index contributed by atoms with van der Waals surface area (Å²) in [6.07, 6.45) is 4.03. The van der Waals surface area contributed by atoms with Gasteiger partial charge in [0.25, 0.3) is 15.9 Å². The molecule has 1 aliphatic carbocycles. The maximum absolute atomic E-state index is 13.2. The molecule has 1 atom stereocenters. The Labute approximate surface area is 154 Å².